The van der Waals surface area contributed by atoms with Crippen molar-refractivity contribution < 1.29 is 0 Å². The molecule has 0 amide bonds. The summed E-state index contributed by atoms with van der Waals surface area (Å²) in [7, 11) is 0. The maximum atomic E-state index is 3.58. The van der Waals surface area contributed by atoms with Gasteiger partial charge in [-0.3, -0.25) is 0 Å². The van der Waals surface area contributed by atoms with Crippen molar-refractivity contribution >= 4 is 17.5 Å². The van der Waals surface area contributed by atoms with Crippen molar-refractivity contribution in [3.05, 3.63) is 138 Å². The molecule has 1 aliphatic heterocycles. The Bertz CT molecular complexity index is 1230. The molecule has 30 heavy (non-hydrogen) atoms. The van der Waals surface area contributed by atoms with Crippen LogP contribution in [0.2, 0.25) is 0 Å². The lowest BCUT2D eigenvalue weighted by Gasteiger charge is -2.37. The molecule has 1 heteroatoms. The number of benzene rings is 4. The summed E-state index contributed by atoms with van der Waals surface area (Å²) in [4.78, 5) is 2.35. The van der Waals surface area contributed by atoms with Crippen LogP contribution < -0.4 is 4.90 Å². The average molecular weight is 383 g/mol. The fourth-order valence-electron chi connectivity index (χ4n) is 3.91. The molecule has 4 aromatic carbocycles. The van der Waals surface area contributed by atoms with E-state index in [9.17, 15) is 0 Å². The lowest BCUT2D eigenvalue weighted by Crippen LogP contribution is -2.29. The Morgan fingerprint density at radius 2 is 1.20 bits per heavy atom. The van der Waals surface area contributed by atoms with Gasteiger partial charge in [0.2, 0.25) is 0 Å². The van der Waals surface area contributed by atoms with Crippen LogP contribution in [0.15, 0.2) is 115 Å². The summed E-state index contributed by atoms with van der Waals surface area (Å²) in [6.07, 6.45) is 2.28. The Labute approximate surface area is 177 Å². The van der Waals surface area contributed by atoms with Crippen LogP contribution in [0.25, 0.3) is 11.8 Å². The van der Waals surface area contributed by atoms with Crippen LogP contribution in [0.5, 0.6) is 0 Å². The summed E-state index contributed by atoms with van der Waals surface area (Å²) < 4.78 is 0. The highest BCUT2D eigenvalue weighted by Crippen LogP contribution is 2.41. The van der Waals surface area contributed by atoms with Gasteiger partial charge in [-0.05, 0) is 47.0 Å². The minimum absolute atomic E-state index is 0.0796. The first-order valence-electron chi connectivity index (χ1n) is 10.2. The van der Waals surface area contributed by atoms with Crippen molar-refractivity contribution in [2.24, 2.45) is 0 Å². The Balaban J connectivity index is 1.72. The van der Waals surface area contributed by atoms with Gasteiger partial charge in [-0.1, -0.05) is 103 Å². The molecule has 1 heterocycles. The predicted octanol–water partition coefficient (Wildman–Crippen LogP) is 6.80. The molecule has 5 rings (SSSR count). The Kier molecular flexibility index (Phi) is 4.90. The van der Waals surface area contributed by atoms with Crippen LogP contribution in [0.3, 0.4) is 0 Å². The highest BCUT2D eigenvalue weighted by Gasteiger charge is 2.29. The fraction of sp³-hybridized carbons (Fsp3) is 0.0345. The van der Waals surface area contributed by atoms with E-state index in [4.69, 9.17) is 0 Å². The van der Waals surface area contributed by atoms with Crippen LogP contribution in [-0.4, -0.2) is 0 Å². The quantitative estimate of drug-likeness (QED) is 0.344. The Morgan fingerprint density at radius 3 is 1.93 bits per heavy atom. The summed E-state index contributed by atoms with van der Waals surface area (Å²) in [5.74, 6) is 6.99. The molecule has 0 fully saturated rings. The molecule has 1 nitrogen and oxygen atoms in total. The Morgan fingerprint density at radius 1 is 0.600 bits per heavy atom. The molecule has 0 saturated carbocycles. The van der Waals surface area contributed by atoms with E-state index in [1.54, 1.807) is 0 Å². The van der Waals surface area contributed by atoms with Gasteiger partial charge in [0.15, 0.2) is 0 Å². The van der Waals surface area contributed by atoms with E-state index in [1.165, 1.54) is 16.7 Å². The number of fused-ring (bicyclic) bond motifs is 1. The maximum Gasteiger partial charge on any atom is 0.121 e. The van der Waals surface area contributed by atoms with Gasteiger partial charge >= 0.3 is 0 Å². The first-order chi connectivity index (χ1) is 14.9. The lowest BCUT2D eigenvalue weighted by atomic mass is 9.91. The lowest BCUT2D eigenvalue weighted by molar-refractivity contribution is 0.873. The second-order valence-electron chi connectivity index (χ2n) is 7.27. The third kappa shape index (κ3) is 3.52. The summed E-state index contributed by atoms with van der Waals surface area (Å²) in [6, 6.07) is 39.8. The van der Waals surface area contributed by atoms with E-state index in [1.807, 2.05) is 18.2 Å². The van der Waals surface area contributed by atoms with Crippen LogP contribution in [0, 0.1) is 11.8 Å². The van der Waals surface area contributed by atoms with Gasteiger partial charge in [-0.15, -0.1) is 0 Å². The molecule has 0 aromatic heterocycles. The van der Waals surface area contributed by atoms with E-state index >= 15 is 0 Å². The third-order valence-electron chi connectivity index (χ3n) is 5.33. The van der Waals surface area contributed by atoms with Gasteiger partial charge in [0.1, 0.15) is 6.04 Å². The van der Waals surface area contributed by atoms with E-state index in [-0.39, 0.29) is 6.04 Å². The van der Waals surface area contributed by atoms with Crippen LogP contribution >= 0.6 is 0 Å². The van der Waals surface area contributed by atoms with Gasteiger partial charge in [0.05, 0.1) is 5.70 Å². The zero-order valence-electron chi connectivity index (χ0n) is 16.6. The average Bonchev–Trinajstić information content (AvgIpc) is 2.83. The van der Waals surface area contributed by atoms with Crippen molar-refractivity contribution in [3.8, 4) is 11.8 Å². The smallest absolute Gasteiger partial charge is 0.121 e. The van der Waals surface area contributed by atoms with Crippen molar-refractivity contribution in [2.75, 3.05) is 4.90 Å². The van der Waals surface area contributed by atoms with Crippen molar-refractivity contribution in [1.29, 1.82) is 0 Å². The molecular formula is C29H21N. The summed E-state index contributed by atoms with van der Waals surface area (Å²) >= 11 is 0. The van der Waals surface area contributed by atoms with E-state index in [0.29, 0.717) is 0 Å². The molecule has 1 atom stereocenters. The zero-order chi connectivity index (χ0) is 20.2. The van der Waals surface area contributed by atoms with Crippen molar-refractivity contribution in [2.45, 2.75) is 6.04 Å². The van der Waals surface area contributed by atoms with Gasteiger partial charge < -0.3 is 4.90 Å². The van der Waals surface area contributed by atoms with E-state index in [0.717, 1.165) is 16.9 Å². The number of hydrogen-bond acceptors (Lipinski definition) is 1. The monoisotopic (exact) mass is 383 g/mol. The number of nitrogens with zero attached hydrogens (tertiary/aromatic N) is 1. The summed E-state index contributed by atoms with van der Waals surface area (Å²) in [5, 5.41) is 0. The van der Waals surface area contributed by atoms with E-state index < -0.39 is 0 Å². The van der Waals surface area contributed by atoms with Crippen LogP contribution in [0.4, 0.5) is 5.69 Å². The fourth-order valence-corrected chi connectivity index (χ4v) is 3.91. The molecule has 0 radical (unpaired) electrons. The molecule has 0 aliphatic carbocycles. The second kappa shape index (κ2) is 8.15. The van der Waals surface area contributed by atoms with Crippen molar-refractivity contribution in [3.63, 3.8) is 0 Å². The highest BCUT2D eigenvalue weighted by molar-refractivity contribution is 5.94. The highest BCUT2D eigenvalue weighted by atomic mass is 15.2. The topological polar surface area (TPSA) is 3.24 Å². The first kappa shape index (κ1) is 18.0. The summed E-state index contributed by atoms with van der Waals surface area (Å²) in [5.41, 5.74) is 6.95. The molecule has 1 unspecified atom stereocenters. The molecule has 142 valence electrons. The van der Waals surface area contributed by atoms with Gasteiger partial charge in [0, 0.05) is 11.3 Å². The molecule has 1 aliphatic rings. The summed E-state index contributed by atoms with van der Waals surface area (Å²) in [6.45, 7) is 0. The molecule has 4 aromatic rings. The number of hydrogen-bond donors (Lipinski definition) is 0. The van der Waals surface area contributed by atoms with Crippen LogP contribution in [0.1, 0.15) is 28.3 Å². The predicted molar refractivity (Wildman–Crippen MR) is 126 cm³/mol. The third-order valence-corrected chi connectivity index (χ3v) is 5.33. The van der Waals surface area contributed by atoms with Gasteiger partial charge in [-0.25, -0.2) is 0 Å². The molecule has 0 spiro atoms. The van der Waals surface area contributed by atoms with Gasteiger partial charge in [0.25, 0.3) is 0 Å². The number of para-hydroxylation sites is 1. The molecule has 0 bridgehead atoms. The maximum absolute atomic E-state index is 3.58. The van der Waals surface area contributed by atoms with Gasteiger partial charge in [-0.2, -0.15) is 0 Å². The van der Waals surface area contributed by atoms with Crippen molar-refractivity contribution in [1.82, 2.24) is 0 Å². The number of anilines is 1. The molecule has 0 saturated heterocycles. The molecular weight excluding hydrogens is 362 g/mol. The normalized spacial score (nSPS) is 14.9. The largest absolute Gasteiger partial charge is 0.322 e. The Hall–Kier alpha value is -4.02. The van der Waals surface area contributed by atoms with E-state index in [2.05, 4.69) is 120 Å². The number of rotatable bonds is 2. The zero-order valence-corrected chi connectivity index (χ0v) is 16.6. The first-order valence-corrected chi connectivity index (χ1v) is 10.2. The SMILES string of the molecule is C(#CC1c2ccccc2C=C(c2ccccc2)N1c1ccccc1)c1ccccc1. The second-order valence-corrected chi connectivity index (χ2v) is 7.27. The molecule has 0 N–H and O–H groups in total. The minimum Gasteiger partial charge on any atom is -0.322 e. The standard InChI is InChI=1S/C29H21N/c1-4-12-23(13-5-1)20-21-28-27-19-11-10-16-25(27)22-29(24-14-6-2-7-15-24)30(28)26-17-8-3-9-18-26/h1-19,22,28H. The van der Waals surface area contributed by atoms with Crippen LogP contribution in [-0.2, 0) is 0 Å². The minimum atomic E-state index is -0.0796.